The summed E-state index contributed by atoms with van der Waals surface area (Å²) in [6.45, 7) is 10.8. The molecule has 6 rings (SSSR count). The van der Waals surface area contributed by atoms with E-state index in [-0.39, 0.29) is 35.7 Å². The molecule has 0 unspecified atom stereocenters. The number of aromatic amines is 2. The molecular formula is C42H54N8O6. The number of ether oxygens (including phenoxy) is 1. The van der Waals surface area contributed by atoms with Gasteiger partial charge in [0.1, 0.15) is 23.7 Å². The van der Waals surface area contributed by atoms with Crippen LogP contribution in [0.15, 0.2) is 54.7 Å². The van der Waals surface area contributed by atoms with Crippen molar-refractivity contribution in [1.82, 2.24) is 40.4 Å². The number of carbonyl (C=O) groups is 4. The zero-order valence-electron chi connectivity index (χ0n) is 33.1. The van der Waals surface area contributed by atoms with E-state index in [0.29, 0.717) is 13.1 Å². The van der Waals surface area contributed by atoms with Crippen LogP contribution in [0.3, 0.4) is 0 Å². The summed E-state index contributed by atoms with van der Waals surface area (Å²) >= 11 is 0. The molecule has 4 heterocycles. The fraction of sp³-hybridized carbons (Fsp3) is 0.476. The fourth-order valence-electron chi connectivity index (χ4n) is 7.91. The van der Waals surface area contributed by atoms with Gasteiger partial charge in [-0.1, -0.05) is 89.6 Å². The minimum atomic E-state index is -1.21. The van der Waals surface area contributed by atoms with Crippen molar-refractivity contribution in [3.05, 3.63) is 72.1 Å². The summed E-state index contributed by atoms with van der Waals surface area (Å²) in [6, 6.07) is 14.6. The number of nitrogens with zero attached hydrogens (tertiary/aromatic N) is 4. The molecule has 4 atom stereocenters. The van der Waals surface area contributed by atoms with Crippen LogP contribution in [0.5, 0.6) is 0 Å². The van der Waals surface area contributed by atoms with Crippen LogP contribution < -0.4 is 10.6 Å². The van der Waals surface area contributed by atoms with Gasteiger partial charge in [0.2, 0.25) is 11.8 Å². The van der Waals surface area contributed by atoms with Gasteiger partial charge in [0.05, 0.1) is 36.8 Å². The number of aryl methyl sites for hydroxylation is 1. The Bertz CT molecular complexity index is 2000. The van der Waals surface area contributed by atoms with Crippen molar-refractivity contribution in [2.75, 3.05) is 20.2 Å². The predicted octanol–water partition coefficient (Wildman–Crippen LogP) is 7.09. The Morgan fingerprint density at radius 3 is 1.82 bits per heavy atom. The molecule has 2 aromatic carbocycles. The molecule has 0 spiro atoms. The van der Waals surface area contributed by atoms with Crippen molar-refractivity contribution in [2.24, 2.45) is 11.8 Å². The van der Waals surface area contributed by atoms with Crippen molar-refractivity contribution in [3.63, 3.8) is 0 Å². The Morgan fingerprint density at radius 1 is 0.786 bits per heavy atom. The smallest absolute Gasteiger partial charge is 0.407 e. The van der Waals surface area contributed by atoms with E-state index in [0.717, 1.165) is 89.5 Å². The number of H-pyrrole nitrogens is 2. The van der Waals surface area contributed by atoms with Crippen LogP contribution in [0.2, 0.25) is 0 Å². The lowest BCUT2D eigenvalue weighted by atomic mass is 10.00. The molecule has 2 aliphatic heterocycles. The topological polar surface area (TPSA) is 186 Å². The van der Waals surface area contributed by atoms with Crippen LogP contribution in [-0.2, 0) is 20.7 Å². The molecule has 5 N–H and O–H groups in total. The first-order chi connectivity index (χ1) is 26.9. The fourth-order valence-corrected chi connectivity index (χ4v) is 7.91. The Labute approximate surface area is 327 Å². The van der Waals surface area contributed by atoms with Crippen LogP contribution >= 0.6 is 0 Å². The van der Waals surface area contributed by atoms with Gasteiger partial charge >= 0.3 is 12.2 Å². The van der Waals surface area contributed by atoms with Gasteiger partial charge in [-0.15, -0.1) is 0 Å². The number of likely N-dealkylation sites (tertiary alicyclic amines) is 2. The molecule has 56 heavy (non-hydrogen) atoms. The first-order valence-electron chi connectivity index (χ1n) is 19.7. The molecule has 0 aliphatic carbocycles. The average molecular weight is 767 g/mol. The molecule has 2 aliphatic rings. The van der Waals surface area contributed by atoms with E-state index in [1.165, 1.54) is 7.11 Å². The molecule has 0 bridgehead atoms. The molecule has 4 aromatic rings. The maximum atomic E-state index is 13.6. The number of hydrogen-bond donors (Lipinski definition) is 5. The zero-order chi connectivity index (χ0) is 40.1. The molecule has 2 fully saturated rings. The first kappa shape index (κ1) is 40.0. The standard InChI is InChI=1S/C42H54N8O6/c1-7-10-30-36(46-38(44-30)33-12-9-22-50(33)39(51)34(24(2)3)47-41(53)54)29-19-15-27(16-20-29)26-13-17-28(18-14-26)31-23-43-37(45-31)32-11-8-21-49(32)40(52)35(25(4)5)48-42(55)56-6/h13-20,23-25,32-35,47H,7-12,21-22H2,1-6H3,(H,43,45)(H,44,46)(H,48,55)(H,53,54)/t32-,33-,34-,35-/m0/s1. The van der Waals surface area contributed by atoms with E-state index < -0.39 is 24.3 Å². The highest BCUT2D eigenvalue weighted by molar-refractivity contribution is 5.87. The summed E-state index contributed by atoms with van der Waals surface area (Å²) < 4.78 is 4.76. The van der Waals surface area contributed by atoms with E-state index >= 15 is 0 Å². The zero-order valence-corrected chi connectivity index (χ0v) is 33.1. The highest BCUT2D eigenvalue weighted by Crippen LogP contribution is 2.36. The van der Waals surface area contributed by atoms with Crippen molar-refractivity contribution >= 4 is 24.0 Å². The molecular weight excluding hydrogens is 713 g/mol. The minimum absolute atomic E-state index is 0.108. The van der Waals surface area contributed by atoms with Crippen LogP contribution in [0.4, 0.5) is 9.59 Å². The maximum Gasteiger partial charge on any atom is 0.407 e. The number of nitrogens with one attached hydrogen (secondary N) is 4. The van der Waals surface area contributed by atoms with Crippen molar-refractivity contribution in [1.29, 1.82) is 0 Å². The Kier molecular flexibility index (Phi) is 12.5. The number of methoxy groups -OCH3 is 1. The predicted molar refractivity (Wildman–Crippen MR) is 212 cm³/mol. The summed E-state index contributed by atoms with van der Waals surface area (Å²) in [5.74, 6) is 0.790. The van der Waals surface area contributed by atoms with Gasteiger partial charge < -0.3 is 40.2 Å². The Hall–Kier alpha value is -5.66. The lowest BCUT2D eigenvalue weighted by molar-refractivity contribution is -0.136. The van der Waals surface area contributed by atoms with Crippen molar-refractivity contribution in [3.8, 4) is 33.6 Å². The first-order valence-corrected chi connectivity index (χ1v) is 19.7. The average Bonchev–Trinajstić information content (AvgIpc) is 4.02. The molecule has 14 nitrogen and oxygen atoms in total. The van der Waals surface area contributed by atoms with Gasteiger partial charge in [0.25, 0.3) is 0 Å². The number of carboxylic acid groups (broad SMARTS) is 1. The summed E-state index contributed by atoms with van der Waals surface area (Å²) in [6.07, 6.45) is 4.89. The third-order valence-electron chi connectivity index (χ3n) is 10.9. The number of aromatic nitrogens is 4. The number of alkyl carbamates (subject to hydrolysis) is 1. The SMILES string of the molecule is CCCc1[nH]c([C@@H]2CCCN2C(=O)[C@@H](NC(=O)O)C(C)C)nc1-c1ccc(-c2ccc(-c3cnc([C@@H]4CCCN4C(=O)[C@@H](NC(=O)OC)C(C)C)[nH]3)cc2)cc1. The molecule has 4 amide bonds. The molecule has 0 saturated carbocycles. The van der Waals surface area contributed by atoms with E-state index in [9.17, 15) is 24.3 Å². The van der Waals surface area contributed by atoms with Crippen molar-refractivity contribution in [2.45, 2.75) is 97.3 Å². The molecule has 0 radical (unpaired) electrons. The monoisotopic (exact) mass is 766 g/mol. The molecule has 14 heteroatoms. The number of amides is 4. The number of rotatable bonds is 13. The maximum absolute atomic E-state index is 13.6. The lowest BCUT2D eigenvalue weighted by Crippen LogP contribution is -2.51. The molecule has 298 valence electrons. The number of carbonyl (C=O) groups excluding carboxylic acids is 3. The minimum Gasteiger partial charge on any atom is -0.465 e. The third-order valence-corrected chi connectivity index (χ3v) is 10.9. The Morgan fingerprint density at radius 2 is 1.30 bits per heavy atom. The van der Waals surface area contributed by atoms with Gasteiger partial charge in [0, 0.05) is 24.3 Å². The van der Waals surface area contributed by atoms with Gasteiger partial charge in [-0.2, -0.15) is 0 Å². The van der Waals surface area contributed by atoms with Gasteiger partial charge in [-0.3, -0.25) is 9.59 Å². The summed E-state index contributed by atoms with van der Waals surface area (Å²) in [5, 5.41) is 14.5. The number of imidazole rings is 2. The Balaban J connectivity index is 1.16. The number of hydrogen-bond acceptors (Lipinski definition) is 7. The van der Waals surface area contributed by atoms with E-state index in [1.807, 2.05) is 27.7 Å². The molecule has 2 saturated heterocycles. The van der Waals surface area contributed by atoms with Crippen LogP contribution in [0.1, 0.15) is 96.1 Å². The second-order valence-corrected chi connectivity index (χ2v) is 15.4. The van der Waals surface area contributed by atoms with Gasteiger partial charge in [-0.05, 0) is 60.6 Å². The lowest BCUT2D eigenvalue weighted by Gasteiger charge is -2.30. The van der Waals surface area contributed by atoms with Crippen LogP contribution in [0, 0.1) is 11.8 Å². The quantitative estimate of drug-likeness (QED) is 0.0955. The third kappa shape index (κ3) is 8.58. The van der Waals surface area contributed by atoms with E-state index in [4.69, 9.17) is 9.72 Å². The van der Waals surface area contributed by atoms with Gasteiger partial charge in [-0.25, -0.2) is 19.6 Å². The largest absolute Gasteiger partial charge is 0.465 e. The normalized spacial score (nSPS) is 18.0. The van der Waals surface area contributed by atoms with E-state index in [2.05, 4.69) is 81.0 Å². The van der Waals surface area contributed by atoms with E-state index in [1.54, 1.807) is 16.0 Å². The van der Waals surface area contributed by atoms with Crippen LogP contribution in [-0.4, -0.2) is 91.1 Å². The van der Waals surface area contributed by atoms with Gasteiger partial charge in [0.15, 0.2) is 0 Å². The molecule has 2 aromatic heterocycles. The summed E-state index contributed by atoms with van der Waals surface area (Å²) in [5.41, 5.74) is 6.79. The van der Waals surface area contributed by atoms with Crippen LogP contribution in [0.25, 0.3) is 33.6 Å². The second kappa shape index (κ2) is 17.4. The highest BCUT2D eigenvalue weighted by atomic mass is 16.5. The van der Waals surface area contributed by atoms with Crippen molar-refractivity contribution < 1.29 is 29.0 Å². The summed E-state index contributed by atoms with van der Waals surface area (Å²) in [7, 11) is 1.29. The summed E-state index contributed by atoms with van der Waals surface area (Å²) in [4.78, 5) is 70.8. The number of benzene rings is 2. The highest BCUT2D eigenvalue weighted by Gasteiger charge is 2.39. The second-order valence-electron chi connectivity index (χ2n) is 15.4.